The summed E-state index contributed by atoms with van der Waals surface area (Å²) in [6, 6.07) is -0.189. The van der Waals surface area contributed by atoms with Gasteiger partial charge in [0.2, 0.25) is 5.91 Å². The minimum atomic E-state index is -0.238. The first-order valence-corrected chi connectivity index (χ1v) is 9.64. The third-order valence-corrected chi connectivity index (χ3v) is 6.16. The smallest absolute Gasteiger partial charge is 0.327 e. The molecule has 0 atom stereocenters. The summed E-state index contributed by atoms with van der Waals surface area (Å²) in [6.45, 7) is 12.4. The van der Waals surface area contributed by atoms with Gasteiger partial charge in [0, 0.05) is 23.9 Å². The Morgan fingerprint density at radius 2 is 1.48 bits per heavy atom. The van der Waals surface area contributed by atoms with Crippen LogP contribution in [-0.4, -0.2) is 66.3 Å². The van der Waals surface area contributed by atoms with Gasteiger partial charge in [-0.2, -0.15) is 0 Å². The summed E-state index contributed by atoms with van der Waals surface area (Å²) in [5.74, 6) is -0.120. The van der Waals surface area contributed by atoms with Gasteiger partial charge in [-0.15, -0.1) is 0 Å². The quantitative estimate of drug-likeness (QED) is 0.546. The standard InChI is InChI=1S/C19H36N2O4/c1-6-18(7-2,14-25-15-19(8-3,9-4)13-22)12-21-16(23)11-20(10-5)17(21)24/h22H,6-15H2,1-5H3. The number of amides is 3. The fourth-order valence-electron chi connectivity index (χ4n) is 3.26. The van der Waals surface area contributed by atoms with Crippen LogP contribution in [0.25, 0.3) is 0 Å². The summed E-state index contributed by atoms with van der Waals surface area (Å²) >= 11 is 0. The number of aliphatic hydroxyl groups excluding tert-OH is 1. The minimum Gasteiger partial charge on any atom is -0.396 e. The predicted molar refractivity (Wildman–Crippen MR) is 98.3 cm³/mol. The van der Waals surface area contributed by atoms with Crippen LogP contribution in [0.1, 0.15) is 60.3 Å². The van der Waals surface area contributed by atoms with Crippen LogP contribution in [-0.2, 0) is 9.53 Å². The Kier molecular flexibility index (Phi) is 8.35. The normalized spacial score (nSPS) is 16.2. The van der Waals surface area contributed by atoms with Crippen molar-refractivity contribution in [2.24, 2.45) is 10.8 Å². The van der Waals surface area contributed by atoms with E-state index in [1.165, 1.54) is 4.90 Å². The number of carbonyl (C=O) groups is 2. The molecule has 0 aliphatic carbocycles. The maximum atomic E-state index is 12.4. The monoisotopic (exact) mass is 356 g/mol. The number of urea groups is 1. The average Bonchev–Trinajstić information content (AvgIpc) is 2.92. The summed E-state index contributed by atoms with van der Waals surface area (Å²) in [5.41, 5.74) is -0.441. The van der Waals surface area contributed by atoms with E-state index in [1.54, 1.807) is 4.90 Å². The maximum Gasteiger partial charge on any atom is 0.327 e. The number of likely N-dealkylation sites (N-methyl/N-ethyl adjacent to an activating group) is 1. The van der Waals surface area contributed by atoms with E-state index in [1.807, 2.05) is 6.92 Å². The molecular weight excluding hydrogens is 320 g/mol. The van der Waals surface area contributed by atoms with E-state index in [9.17, 15) is 14.7 Å². The first-order valence-electron chi connectivity index (χ1n) is 9.64. The zero-order valence-electron chi connectivity index (χ0n) is 16.6. The molecule has 1 fully saturated rings. The highest BCUT2D eigenvalue weighted by Crippen LogP contribution is 2.32. The minimum absolute atomic E-state index is 0.111. The molecule has 0 aromatic heterocycles. The van der Waals surface area contributed by atoms with E-state index < -0.39 is 0 Å². The first-order chi connectivity index (χ1) is 11.9. The molecule has 1 aliphatic rings. The molecule has 3 amide bonds. The fourth-order valence-corrected chi connectivity index (χ4v) is 3.26. The van der Waals surface area contributed by atoms with E-state index in [4.69, 9.17) is 4.74 Å². The van der Waals surface area contributed by atoms with Crippen LogP contribution in [0.4, 0.5) is 4.79 Å². The Balaban J connectivity index is 2.77. The number of hydrogen-bond acceptors (Lipinski definition) is 4. The Labute approximate surface area is 152 Å². The molecule has 6 heteroatoms. The Hall–Kier alpha value is -1.14. The molecule has 1 rings (SSSR count). The highest BCUT2D eigenvalue weighted by molar-refractivity contribution is 6.02. The summed E-state index contributed by atoms with van der Waals surface area (Å²) in [7, 11) is 0. The number of rotatable bonds is 12. The van der Waals surface area contributed by atoms with Gasteiger partial charge in [0.1, 0.15) is 6.54 Å². The summed E-state index contributed by atoms with van der Waals surface area (Å²) in [4.78, 5) is 27.6. The van der Waals surface area contributed by atoms with Crippen LogP contribution < -0.4 is 0 Å². The van der Waals surface area contributed by atoms with Crippen molar-refractivity contribution in [2.45, 2.75) is 60.3 Å². The molecule has 0 aromatic rings. The van der Waals surface area contributed by atoms with Crippen LogP contribution in [0.3, 0.4) is 0 Å². The molecule has 1 heterocycles. The fraction of sp³-hybridized carbons (Fsp3) is 0.895. The lowest BCUT2D eigenvalue weighted by Crippen LogP contribution is -2.44. The van der Waals surface area contributed by atoms with Crippen LogP contribution in [0.15, 0.2) is 0 Å². The van der Waals surface area contributed by atoms with Crippen LogP contribution in [0.2, 0.25) is 0 Å². The van der Waals surface area contributed by atoms with Crippen LogP contribution in [0, 0.1) is 10.8 Å². The first kappa shape index (κ1) is 21.9. The number of nitrogens with zero attached hydrogens (tertiary/aromatic N) is 2. The number of aliphatic hydroxyl groups is 1. The highest BCUT2D eigenvalue weighted by atomic mass is 16.5. The zero-order valence-corrected chi connectivity index (χ0v) is 16.6. The second-order valence-electron chi connectivity index (χ2n) is 7.34. The van der Waals surface area contributed by atoms with Crippen molar-refractivity contribution in [1.29, 1.82) is 0 Å². The Morgan fingerprint density at radius 3 is 1.88 bits per heavy atom. The summed E-state index contributed by atoms with van der Waals surface area (Å²) in [5, 5.41) is 9.69. The molecule has 0 saturated carbocycles. The molecule has 146 valence electrons. The molecule has 6 nitrogen and oxygen atoms in total. The molecule has 0 unspecified atom stereocenters. The van der Waals surface area contributed by atoms with Crippen molar-refractivity contribution in [1.82, 2.24) is 9.80 Å². The van der Waals surface area contributed by atoms with Gasteiger partial charge in [-0.3, -0.25) is 9.69 Å². The van der Waals surface area contributed by atoms with Gasteiger partial charge in [0.15, 0.2) is 0 Å². The van der Waals surface area contributed by atoms with E-state index in [2.05, 4.69) is 27.7 Å². The van der Waals surface area contributed by atoms with E-state index in [0.29, 0.717) is 26.3 Å². The van der Waals surface area contributed by atoms with Crippen molar-refractivity contribution in [3.63, 3.8) is 0 Å². The van der Waals surface area contributed by atoms with E-state index in [-0.39, 0.29) is 35.9 Å². The van der Waals surface area contributed by atoms with Gasteiger partial charge >= 0.3 is 6.03 Å². The van der Waals surface area contributed by atoms with Crippen LogP contribution >= 0.6 is 0 Å². The molecule has 1 aliphatic heterocycles. The predicted octanol–water partition coefficient (Wildman–Crippen LogP) is 2.89. The Morgan fingerprint density at radius 1 is 0.960 bits per heavy atom. The molecule has 1 saturated heterocycles. The third-order valence-electron chi connectivity index (χ3n) is 6.16. The summed E-state index contributed by atoms with van der Waals surface area (Å²) in [6.07, 6.45) is 3.38. The van der Waals surface area contributed by atoms with Crippen molar-refractivity contribution in [3.05, 3.63) is 0 Å². The van der Waals surface area contributed by atoms with E-state index >= 15 is 0 Å². The number of ether oxygens (including phenoxy) is 1. The molecule has 0 radical (unpaired) electrons. The van der Waals surface area contributed by atoms with Crippen LogP contribution in [0.5, 0.6) is 0 Å². The number of carbonyl (C=O) groups excluding carboxylic acids is 2. The topological polar surface area (TPSA) is 70.1 Å². The zero-order chi connectivity index (χ0) is 19.1. The number of imide groups is 1. The third kappa shape index (κ3) is 4.94. The largest absolute Gasteiger partial charge is 0.396 e. The van der Waals surface area contributed by atoms with Gasteiger partial charge in [-0.1, -0.05) is 27.7 Å². The average molecular weight is 357 g/mol. The van der Waals surface area contributed by atoms with E-state index in [0.717, 1.165) is 25.7 Å². The highest BCUT2D eigenvalue weighted by Gasteiger charge is 2.40. The van der Waals surface area contributed by atoms with Crippen molar-refractivity contribution >= 4 is 11.9 Å². The van der Waals surface area contributed by atoms with Crippen molar-refractivity contribution in [3.8, 4) is 0 Å². The molecule has 0 bridgehead atoms. The molecule has 0 spiro atoms. The van der Waals surface area contributed by atoms with Gasteiger partial charge in [-0.05, 0) is 32.6 Å². The molecule has 25 heavy (non-hydrogen) atoms. The molecular formula is C19H36N2O4. The molecule has 1 N–H and O–H groups in total. The Bertz CT molecular complexity index is 436. The van der Waals surface area contributed by atoms with Gasteiger partial charge in [0.25, 0.3) is 0 Å². The number of hydrogen-bond donors (Lipinski definition) is 1. The second kappa shape index (κ2) is 9.53. The SMILES string of the molecule is CCN1CC(=O)N(CC(CC)(CC)COCC(CC)(CC)CO)C1=O. The van der Waals surface area contributed by atoms with Gasteiger partial charge < -0.3 is 14.7 Å². The van der Waals surface area contributed by atoms with Gasteiger partial charge in [-0.25, -0.2) is 4.79 Å². The second-order valence-corrected chi connectivity index (χ2v) is 7.34. The summed E-state index contributed by atoms with van der Waals surface area (Å²) < 4.78 is 6.03. The lowest BCUT2D eigenvalue weighted by Gasteiger charge is -2.36. The van der Waals surface area contributed by atoms with Gasteiger partial charge in [0.05, 0.1) is 19.8 Å². The lowest BCUT2D eigenvalue weighted by atomic mass is 9.81. The molecule has 0 aromatic carbocycles. The lowest BCUT2D eigenvalue weighted by molar-refractivity contribution is -0.127. The van der Waals surface area contributed by atoms with Crippen molar-refractivity contribution in [2.75, 3.05) is 39.5 Å². The maximum absolute atomic E-state index is 12.4. The van der Waals surface area contributed by atoms with Crippen molar-refractivity contribution < 1.29 is 19.4 Å².